The number of Topliss-reactive ketones (excluding diaryl/α,β-unsaturated/α-hetero) is 1. The second-order valence-electron chi connectivity index (χ2n) is 2.52. The molecule has 2 heteroatoms. The number of hydrogen-bond donors (Lipinski definition) is 0. The van der Waals surface area contributed by atoms with Gasteiger partial charge in [0.1, 0.15) is 6.61 Å². The van der Waals surface area contributed by atoms with Crippen molar-refractivity contribution in [1.29, 1.82) is 0 Å². The fourth-order valence-electron chi connectivity index (χ4n) is 0.857. The number of hydrogen-bond acceptors (Lipinski definition) is 2. The highest BCUT2D eigenvalue weighted by molar-refractivity contribution is 5.83. The molecule has 0 aromatic heterocycles. The van der Waals surface area contributed by atoms with Crippen LogP contribution in [0.1, 0.15) is 5.56 Å². The average molecular weight is 163 g/mol. The lowest BCUT2D eigenvalue weighted by atomic mass is 10.2. The lowest BCUT2D eigenvalue weighted by Crippen LogP contribution is -2.03. The standard InChI is InChI=1S/C10H11O2/c1-9(11)7-12-8-10-5-3-2-4-6-10/h2-6H,1,7-8H2. The van der Waals surface area contributed by atoms with Gasteiger partial charge in [-0.15, -0.1) is 0 Å². The van der Waals surface area contributed by atoms with E-state index in [2.05, 4.69) is 6.92 Å². The van der Waals surface area contributed by atoms with Crippen molar-refractivity contribution in [3.05, 3.63) is 42.8 Å². The van der Waals surface area contributed by atoms with Crippen LogP contribution in [-0.2, 0) is 16.1 Å². The van der Waals surface area contributed by atoms with Crippen molar-refractivity contribution in [1.82, 2.24) is 0 Å². The Morgan fingerprint density at radius 2 is 2.00 bits per heavy atom. The summed E-state index contributed by atoms with van der Waals surface area (Å²) in [6.45, 7) is 3.77. The molecule has 0 aliphatic carbocycles. The Kier molecular flexibility index (Phi) is 3.48. The molecule has 0 amide bonds. The molecule has 0 aliphatic heterocycles. The van der Waals surface area contributed by atoms with Crippen LogP contribution in [-0.4, -0.2) is 12.4 Å². The van der Waals surface area contributed by atoms with Gasteiger partial charge in [-0.05, 0) is 5.56 Å². The predicted molar refractivity (Wildman–Crippen MR) is 46.5 cm³/mol. The Morgan fingerprint density at radius 1 is 1.33 bits per heavy atom. The Labute approximate surface area is 72.2 Å². The van der Waals surface area contributed by atoms with Crippen LogP contribution in [0, 0.1) is 6.92 Å². The molecule has 0 fully saturated rings. The van der Waals surface area contributed by atoms with Gasteiger partial charge in [0, 0.05) is 6.92 Å². The third-order valence-electron chi connectivity index (χ3n) is 1.37. The minimum atomic E-state index is -0.189. The summed E-state index contributed by atoms with van der Waals surface area (Å²) < 4.78 is 5.07. The van der Waals surface area contributed by atoms with Crippen molar-refractivity contribution in [2.24, 2.45) is 0 Å². The maximum atomic E-state index is 10.4. The number of rotatable bonds is 4. The highest BCUT2D eigenvalue weighted by atomic mass is 16.5. The molecular formula is C10H11O2. The van der Waals surface area contributed by atoms with Gasteiger partial charge in [0.05, 0.1) is 6.61 Å². The van der Waals surface area contributed by atoms with E-state index in [1.165, 1.54) is 0 Å². The van der Waals surface area contributed by atoms with Crippen molar-refractivity contribution >= 4 is 5.78 Å². The Hall–Kier alpha value is -1.15. The predicted octanol–water partition coefficient (Wildman–Crippen LogP) is 1.61. The first-order valence-corrected chi connectivity index (χ1v) is 3.75. The zero-order chi connectivity index (χ0) is 8.81. The molecule has 0 spiro atoms. The van der Waals surface area contributed by atoms with Crippen LogP contribution in [0.5, 0.6) is 0 Å². The second kappa shape index (κ2) is 4.67. The number of ether oxygens (including phenoxy) is 1. The van der Waals surface area contributed by atoms with E-state index in [0.29, 0.717) is 6.61 Å². The van der Waals surface area contributed by atoms with E-state index in [0.717, 1.165) is 5.56 Å². The Morgan fingerprint density at radius 3 is 2.58 bits per heavy atom. The van der Waals surface area contributed by atoms with E-state index < -0.39 is 0 Å². The van der Waals surface area contributed by atoms with Crippen LogP contribution in [0.4, 0.5) is 0 Å². The van der Waals surface area contributed by atoms with Gasteiger partial charge in [0.2, 0.25) is 0 Å². The molecule has 63 valence electrons. The molecular weight excluding hydrogens is 152 g/mol. The molecule has 0 aliphatic rings. The van der Waals surface area contributed by atoms with Crippen LogP contribution in [0.25, 0.3) is 0 Å². The lowest BCUT2D eigenvalue weighted by molar-refractivity contribution is -0.119. The molecule has 12 heavy (non-hydrogen) atoms. The summed E-state index contributed by atoms with van der Waals surface area (Å²) >= 11 is 0. The fourth-order valence-corrected chi connectivity index (χ4v) is 0.857. The van der Waals surface area contributed by atoms with Crippen molar-refractivity contribution in [2.75, 3.05) is 6.61 Å². The van der Waals surface area contributed by atoms with Crippen molar-refractivity contribution in [3.63, 3.8) is 0 Å². The molecule has 1 radical (unpaired) electrons. The van der Waals surface area contributed by atoms with Gasteiger partial charge in [0.15, 0.2) is 5.78 Å². The third-order valence-corrected chi connectivity index (χ3v) is 1.37. The average Bonchev–Trinajstić information content (AvgIpc) is 2.05. The number of carbonyl (C=O) groups excluding carboxylic acids is 1. The van der Waals surface area contributed by atoms with Crippen molar-refractivity contribution < 1.29 is 9.53 Å². The minimum absolute atomic E-state index is 0.0922. The molecule has 2 nitrogen and oxygen atoms in total. The quantitative estimate of drug-likeness (QED) is 0.674. The van der Waals surface area contributed by atoms with E-state index in [-0.39, 0.29) is 12.4 Å². The first-order chi connectivity index (χ1) is 5.79. The van der Waals surface area contributed by atoms with Crippen LogP contribution in [0.15, 0.2) is 30.3 Å². The SMILES string of the molecule is [CH2]C(=O)COCc1ccccc1. The topological polar surface area (TPSA) is 26.3 Å². The monoisotopic (exact) mass is 163 g/mol. The summed E-state index contributed by atoms with van der Waals surface area (Å²) in [4.78, 5) is 10.4. The van der Waals surface area contributed by atoms with Crippen molar-refractivity contribution in [2.45, 2.75) is 6.61 Å². The summed E-state index contributed by atoms with van der Waals surface area (Å²) in [6.07, 6.45) is 0. The van der Waals surface area contributed by atoms with Gasteiger partial charge < -0.3 is 4.74 Å². The van der Waals surface area contributed by atoms with E-state index >= 15 is 0 Å². The number of ketones is 1. The lowest BCUT2D eigenvalue weighted by Gasteiger charge is -2.00. The molecule has 0 bridgehead atoms. The normalized spacial score (nSPS) is 9.75. The van der Waals surface area contributed by atoms with Gasteiger partial charge >= 0.3 is 0 Å². The fraction of sp³-hybridized carbons (Fsp3) is 0.200. The zero-order valence-electron chi connectivity index (χ0n) is 6.82. The Bertz CT molecular complexity index is 241. The second-order valence-corrected chi connectivity index (χ2v) is 2.52. The van der Waals surface area contributed by atoms with Crippen LogP contribution in [0.3, 0.4) is 0 Å². The van der Waals surface area contributed by atoms with Gasteiger partial charge in [-0.3, -0.25) is 4.79 Å². The van der Waals surface area contributed by atoms with Crippen LogP contribution >= 0.6 is 0 Å². The summed E-state index contributed by atoms with van der Waals surface area (Å²) in [5.74, 6) is -0.189. The summed E-state index contributed by atoms with van der Waals surface area (Å²) in [6, 6.07) is 9.71. The summed E-state index contributed by atoms with van der Waals surface area (Å²) in [7, 11) is 0. The molecule has 0 saturated heterocycles. The highest BCUT2D eigenvalue weighted by Gasteiger charge is 1.93. The van der Waals surface area contributed by atoms with E-state index in [1.54, 1.807) is 0 Å². The summed E-state index contributed by atoms with van der Waals surface area (Å²) in [5.41, 5.74) is 1.07. The van der Waals surface area contributed by atoms with E-state index in [9.17, 15) is 4.79 Å². The molecule has 0 atom stereocenters. The first kappa shape index (κ1) is 8.94. The first-order valence-electron chi connectivity index (χ1n) is 3.75. The molecule has 0 heterocycles. The molecule has 1 rings (SSSR count). The molecule has 0 N–H and O–H groups in total. The molecule has 1 aromatic rings. The van der Waals surface area contributed by atoms with Gasteiger partial charge in [0.25, 0.3) is 0 Å². The highest BCUT2D eigenvalue weighted by Crippen LogP contribution is 1.99. The van der Waals surface area contributed by atoms with Gasteiger partial charge in [-0.25, -0.2) is 0 Å². The van der Waals surface area contributed by atoms with Crippen molar-refractivity contribution in [3.8, 4) is 0 Å². The minimum Gasteiger partial charge on any atom is -0.369 e. The number of carbonyl (C=O) groups is 1. The third kappa shape index (κ3) is 3.30. The number of benzene rings is 1. The Balaban J connectivity index is 2.29. The molecule has 0 saturated carbocycles. The summed E-state index contributed by atoms with van der Waals surface area (Å²) in [5, 5.41) is 0. The van der Waals surface area contributed by atoms with Gasteiger partial charge in [-0.2, -0.15) is 0 Å². The van der Waals surface area contributed by atoms with E-state index in [1.807, 2.05) is 30.3 Å². The zero-order valence-corrected chi connectivity index (χ0v) is 6.82. The molecule has 1 aromatic carbocycles. The van der Waals surface area contributed by atoms with Crippen LogP contribution < -0.4 is 0 Å². The van der Waals surface area contributed by atoms with Crippen LogP contribution in [0.2, 0.25) is 0 Å². The van der Waals surface area contributed by atoms with E-state index in [4.69, 9.17) is 4.74 Å². The smallest absolute Gasteiger partial charge is 0.158 e. The maximum Gasteiger partial charge on any atom is 0.158 e. The molecule has 0 unspecified atom stereocenters. The van der Waals surface area contributed by atoms with Gasteiger partial charge in [-0.1, -0.05) is 30.3 Å². The maximum absolute atomic E-state index is 10.4. The largest absolute Gasteiger partial charge is 0.369 e.